The Hall–Kier alpha value is -0.300. The van der Waals surface area contributed by atoms with Crippen molar-refractivity contribution >= 4 is 0 Å². The summed E-state index contributed by atoms with van der Waals surface area (Å²) in [5.74, 6) is 0.879. The van der Waals surface area contributed by atoms with Crippen LogP contribution < -0.4 is 5.73 Å². The molecule has 3 atom stereocenters. The molecule has 0 aromatic rings. The van der Waals surface area contributed by atoms with Crippen molar-refractivity contribution in [3.05, 3.63) is 11.1 Å². The van der Waals surface area contributed by atoms with Crippen LogP contribution in [0.25, 0.3) is 0 Å². The SMILES string of the molecule is CCCC(N)CC1(C)CC2=C(C)CCCC21. The summed E-state index contributed by atoms with van der Waals surface area (Å²) in [6.07, 6.45) is 9.16. The summed E-state index contributed by atoms with van der Waals surface area (Å²) in [5, 5.41) is 0. The zero-order valence-electron chi connectivity index (χ0n) is 11.2. The van der Waals surface area contributed by atoms with E-state index in [2.05, 4.69) is 20.8 Å². The van der Waals surface area contributed by atoms with Crippen molar-refractivity contribution in [1.29, 1.82) is 0 Å². The topological polar surface area (TPSA) is 26.0 Å². The van der Waals surface area contributed by atoms with Crippen LogP contribution >= 0.6 is 0 Å². The summed E-state index contributed by atoms with van der Waals surface area (Å²) < 4.78 is 0. The van der Waals surface area contributed by atoms with E-state index in [0.29, 0.717) is 11.5 Å². The fourth-order valence-electron chi connectivity index (χ4n) is 3.96. The van der Waals surface area contributed by atoms with Gasteiger partial charge in [-0.15, -0.1) is 0 Å². The summed E-state index contributed by atoms with van der Waals surface area (Å²) >= 11 is 0. The molecule has 0 aromatic carbocycles. The zero-order valence-corrected chi connectivity index (χ0v) is 11.2. The first-order valence-corrected chi connectivity index (χ1v) is 7.01. The Morgan fingerprint density at radius 3 is 2.94 bits per heavy atom. The highest BCUT2D eigenvalue weighted by Crippen LogP contribution is 2.58. The van der Waals surface area contributed by atoms with Gasteiger partial charge in [0, 0.05) is 6.04 Å². The molecule has 0 saturated heterocycles. The van der Waals surface area contributed by atoms with Gasteiger partial charge in [-0.05, 0) is 56.8 Å². The molecule has 0 heterocycles. The highest BCUT2D eigenvalue weighted by atomic mass is 14.7. The third-order valence-corrected chi connectivity index (χ3v) is 4.84. The van der Waals surface area contributed by atoms with Crippen LogP contribution in [0.2, 0.25) is 0 Å². The highest BCUT2D eigenvalue weighted by Gasteiger charge is 2.48. The first kappa shape index (κ1) is 12.2. The molecule has 0 aromatic heterocycles. The van der Waals surface area contributed by atoms with Gasteiger partial charge in [0.1, 0.15) is 0 Å². The van der Waals surface area contributed by atoms with Gasteiger partial charge < -0.3 is 5.73 Å². The molecule has 1 fully saturated rings. The normalized spacial score (nSPS) is 35.6. The lowest BCUT2D eigenvalue weighted by Gasteiger charge is -2.54. The van der Waals surface area contributed by atoms with Crippen LogP contribution in [-0.4, -0.2) is 6.04 Å². The highest BCUT2D eigenvalue weighted by molar-refractivity contribution is 5.30. The Morgan fingerprint density at radius 1 is 1.50 bits per heavy atom. The van der Waals surface area contributed by atoms with Gasteiger partial charge in [-0.1, -0.05) is 31.4 Å². The number of hydrogen-bond donors (Lipinski definition) is 1. The minimum Gasteiger partial charge on any atom is -0.328 e. The van der Waals surface area contributed by atoms with Crippen LogP contribution in [0.1, 0.15) is 65.7 Å². The van der Waals surface area contributed by atoms with Gasteiger partial charge in [0.2, 0.25) is 0 Å². The Bertz CT molecular complexity index is 292. The monoisotopic (exact) mass is 221 g/mol. The first-order chi connectivity index (χ1) is 7.57. The number of nitrogens with two attached hydrogens (primary N) is 1. The molecular weight excluding hydrogens is 194 g/mol. The molecular formula is C15H27N. The average molecular weight is 221 g/mol. The number of allylic oxidation sites excluding steroid dienone is 2. The van der Waals surface area contributed by atoms with E-state index in [9.17, 15) is 0 Å². The van der Waals surface area contributed by atoms with Crippen molar-refractivity contribution in [2.45, 2.75) is 71.8 Å². The van der Waals surface area contributed by atoms with Crippen LogP contribution in [0.15, 0.2) is 11.1 Å². The molecule has 3 unspecified atom stereocenters. The zero-order chi connectivity index (χ0) is 11.8. The standard InChI is InChI=1S/C15H27N/c1-4-6-12(16)9-15(3)10-13-11(2)7-5-8-14(13)15/h12,14H,4-10,16H2,1-3H3. The molecule has 16 heavy (non-hydrogen) atoms. The molecule has 0 bridgehead atoms. The quantitative estimate of drug-likeness (QED) is 0.713. The maximum atomic E-state index is 6.22. The molecule has 1 nitrogen and oxygen atoms in total. The first-order valence-electron chi connectivity index (χ1n) is 7.01. The Kier molecular flexibility index (Phi) is 3.44. The van der Waals surface area contributed by atoms with Crippen LogP contribution in [0.3, 0.4) is 0 Å². The van der Waals surface area contributed by atoms with E-state index >= 15 is 0 Å². The van der Waals surface area contributed by atoms with Gasteiger partial charge in [0.25, 0.3) is 0 Å². The third kappa shape index (κ3) is 2.07. The Morgan fingerprint density at radius 2 is 2.25 bits per heavy atom. The molecule has 92 valence electrons. The summed E-state index contributed by atoms with van der Waals surface area (Å²) in [5.41, 5.74) is 10.2. The summed E-state index contributed by atoms with van der Waals surface area (Å²) in [4.78, 5) is 0. The Labute approximate surface area is 100 Å². The fraction of sp³-hybridized carbons (Fsp3) is 0.867. The van der Waals surface area contributed by atoms with Gasteiger partial charge >= 0.3 is 0 Å². The second kappa shape index (κ2) is 4.52. The van der Waals surface area contributed by atoms with Crippen LogP contribution in [-0.2, 0) is 0 Å². The smallest absolute Gasteiger partial charge is 0.00442 e. The fourth-order valence-corrected chi connectivity index (χ4v) is 3.96. The van der Waals surface area contributed by atoms with E-state index in [1.54, 1.807) is 11.1 Å². The minimum atomic E-state index is 0.429. The number of fused-ring (bicyclic) bond motifs is 1. The second-order valence-corrected chi connectivity index (χ2v) is 6.33. The van der Waals surface area contributed by atoms with E-state index in [-0.39, 0.29) is 0 Å². The molecule has 0 spiro atoms. The van der Waals surface area contributed by atoms with Gasteiger partial charge in [-0.2, -0.15) is 0 Å². The van der Waals surface area contributed by atoms with Crippen molar-refractivity contribution in [3.8, 4) is 0 Å². The van der Waals surface area contributed by atoms with E-state index in [4.69, 9.17) is 5.73 Å². The van der Waals surface area contributed by atoms with Gasteiger partial charge in [-0.25, -0.2) is 0 Å². The van der Waals surface area contributed by atoms with Crippen molar-refractivity contribution in [2.75, 3.05) is 0 Å². The molecule has 0 amide bonds. The van der Waals surface area contributed by atoms with Gasteiger partial charge in [-0.3, -0.25) is 0 Å². The van der Waals surface area contributed by atoms with Crippen LogP contribution in [0, 0.1) is 11.3 Å². The van der Waals surface area contributed by atoms with E-state index in [1.807, 2.05) is 0 Å². The van der Waals surface area contributed by atoms with Crippen molar-refractivity contribution in [2.24, 2.45) is 17.1 Å². The summed E-state index contributed by atoms with van der Waals surface area (Å²) in [7, 11) is 0. The lowest BCUT2D eigenvalue weighted by atomic mass is 9.51. The lowest BCUT2D eigenvalue weighted by Crippen LogP contribution is -2.45. The van der Waals surface area contributed by atoms with Crippen molar-refractivity contribution < 1.29 is 0 Å². The maximum absolute atomic E-state index is 6.22. The van der Waals surface area contributed by atoms with Gasteiger partial charge in [0.05, 0.1) is 0 Å². The molecule has 0 aliphatic heterocycles. The van der Waals surface area contributed by atoms with E-state index in [0.717, 1.165) is 5.92 Å². The predicted molar refractivity (Wildman–Crippen MR) is 70.3 cm³/mol. The number of rotatable bonds is 4. The average Bonchev–Trinajstić information content (AvgIpc) is 2.20. The van der Waals surface area contributed by atoms with Crippen molar-refractivity contribution in [1.82, 2.24) is 0 Å². The van der Waals surface area contributed by atoms with Crippen molar-refractivity contribution in [3.63, 3.8) is 0 Å². The van der Waals surface area contributed by atoms with Crippen LogP contribution in [0.5, 0.6) is 0 Å². The molecule has 2 rings (SSSR count). The summed E-state index contributed by atoms with van der Waals surface area (Å²) in [6, 6.07) is 0.429. The van der Waals surface area contributed by atoms with Gasteiger partial charge in [0.15, 0.2) is 0 Å². The summed E-state index contributed by atoms with van der Waals surface area (Å²) in [6.45, 7) is 7.04. The largest absolute Gasteiger partial charge is 0.328 e. The molecule has 1 saturated carbocycles. The van der Waals surface area contributed by atoms with E-state index in [1.165, 1.54) is 44.9 Å². The molecule has 2 N–H and O–H groups in total. The predicted octanol–water partition coefficient (Wildman–Crippen LogP) is 4.03. The molecule has 1 heteroatoms. The molecule has 2 aliphatic rings. The minimum absolute atomic E-state index is 0.429. The Balaban J connectivity index is 1.99. The molecule has 0 radical (unpaired) electrons. The lowest BCUT2D eigenvalue weighted by molar-refractivity contribution is 0.0841. The third-order valence-electron chi connectivity index (χ3n) is 4.84. The van der Waals surface area contributed by atoms with E-state index < -0.39 is 0 Å². The van der Waals surface area contributed by atoms with Crippen LogP contribution in [0.4, 0.5) is 0 Å². The second-order valence-electron chi connectivity index (χ2n) is 6.33. The molecule has 2 aliphatic carbocycles. The number of hydrogen-bond acceptors (Lipinski definition) is 1. The maximum Gasteiger partial charge on any atom is 0.00442 e.